The van der Waals surface area contributed by atoms with Gasteiger partial charge in [0.15, 0.2) is 11.5 Å². The fourth-order valence-corrected chi connectivity index (χ4v) is 1.64. The molecule has 1 aromatic carbocycles. The Hall–Kier alpha value is -2.68. The molecular weight excluding hydrogens is 262 g/mol. The van der Waals surface area contributed by atoms with E-state index < -0.39 is 5.97 Å². The first-order valence-corrected chi connectivity index (χ1v) is 5.62. The van der Waals surface area contributed by atoms with E-state index >= 15 is 0 Å². The number of benzene rings is 1. The molecule has 106 valence electrons. The first-order valence-electron chi connectivity index (χ1n) is 5.62. The van der Waals surface area contributed by atoms with Crippen LogP contribution in [0.4, 0.5) is 0 Å². The minimum atomic E-state index is -0.718. The number of methoxy groups -OCH3 is 4. The Balaban J connectivity index is 3.43. The minimum absolute atomic E-state index is 0.141. The summed E-state index contributed by atoms with van der Waals surface area (Å²) in [6.45, 7) is 0. The summed E-state index contributed by atoms with van der Waals surface area (Å²) in [6, 6.07) is 5.08. The molecule has 0 aliphatic carbocycles. The molecule has 0 radical (unpaired) electrons. The smallest absolute Gasteiger partial charge is 0.348 e. The Labute approximate surface area is 117 Å². The number of esters is 1. The summed E-state index contributed by atoms with van der Waals surface area (Å²) in [4.78, 5) is 11.4. The lowest BCUT2D eigenvalue weighted by Crippen LogP contribution is -2.03. The third kappa shape index (κ3) is 3.01. The van der Waals surface area contributed by atoms with E-state index in [1.54, 1.807) is 18.2 Å². The molecule has 6 heteroatoms. The van der Waals surface area contributed by atoms with Gasteiger partial charge >= 0.3 is 5.97 Å². The van der Waals surface area contributed by atoms with Crippen molar-refractivity contribution in [3.63, 3.8) is 0 Å². The molecule has 1 rings (SSSR count). The fourth-order valence-electron chi connectivity index (χ4n) is 1.64. The molecule has 0 amide bonds. The quantitative estimate of drug-likeness (QED) is 0.464. The van der Waals surface area contributed by atoms with E-state index in [0.29, 0.717) is 22.8 Å². The van der Waals surface area contributed by atoms with Gasteiger partial charge in [0.1, 0.15) is 11.6 Å². The van der Waals surface area contributed by atoms with Gasteiger partial charge in [-0.25, -0.2) is 4.79 Å². The Morgan fingerprint density at radius 1 is 1.10 bits per heavy atom. The average molecular weight is 277 g/mol. The first-order chi connectivity index (χ1) is 9.62. The average Bonchev–Trinajstić information content (AvgIpc) is 2.50. The second-order valence-corrected chi connectivity index (χ2v) is 3.58. The van der Waals surface area contributed by atoms with Crippen molar-refractivity contribution < 1.29 is 23.7 Å². The van der Waals surface area contributed by atoms with E-state index in [2.05, 4.69) is 4.74 Å². The number of nitrogens with zero attached hydrogens (tertiary/aromatic N) is 1. The van der Waals surface area contributed by atoms with E-state index in [4.69, 9.17) is 19.5 Å². The maximum absolute atomic E-state index is 11.4. The third-order valence-electron chi connectivity index (χ3n) is 2.56. The zero-order valence-corrected chi connectivity index (χ0v) is 11.7. The van der Waals surface area contributed by atoms with E-state index in [1.165, 1.54) is 34.5 Å². The van der Waals surface area contributed by atoms with Crippen molar-refractivity contribution in [3.8, 4) is 23.3 Å². The zero-order chi connectivity index (χ0) is 15.1. The predicted molar refractivity (Wildman–Crippen MR) is 71.7 cm³/mol. The lowest BCUT2D eigenvalue weighted by atomic mass is 10.1. The molecule has 20 heavy (non-hydrogen) atoms. The van der Waals surface area contributed by atoms with Gasteiger partial charge in [0.05, 0.1) is 28.4 Å². The molecule has 0 unspecified atom stereocenters. The van der Waals surface area contributed by atoms with Crippen LogP contribution in [0.25, 0.3) is 6.08 Å². The maximum atomic E-state index is 11.4. The SMILES string of the molecule is COC(=O)C(C#N)=Cc1ccc(OC)c(OC)c1OC. The van der Waals surface area contributed by atoms with Crippen molar-refractivity contribution in [1.29, 1.82) is 5.26 Å². The molecule has 0 bridgehead atoms. The van der Waals surface area contributed by atoms with Gasteiger partial charge in [-0.15, -0.1) is 0 Å². The van der Waals surface area contributed by atoms with Crippen LogP contribution in [0, 0.1) is 11.3 Å². The van der Waals surface area contributed by atoms with Crippen LogP contribution in [-0.4, -0.2) is 34.4 Å². The Bertz CT molecular complexity index is 572. The van der Waals surface area contributed by atoms with Crippen molar-refractivity contribution in [2.45, 2.75) is 0 Å². The van der Waals surface area contributed by atoms with Crippen LogP contribution < -0.4 is 14.2 Å². The van der Waals surface area contributed by atoms with Gasteiger partial charge in [0.25, 0.3) is 0 Å². The number of hydrogen-bond acceptors (Lipinski definition) is 6. The Morgan fingerprint density at radius 3 is 2.20 bits per heavy atom. The molecule has 0 fully saturated rings. The van der Waals surface area contributed by atoms with E-state index in [9.17, 15) is 4.79 Å². The van der Waals surface area contributed by atoms with Gasteiger partial charge in [-0.05, 0) is 18.2 Å². The molecule has 0 aliphatic heterocycles. The van der Waals surface area contributed by atoms with Crippen LogP contribution >= 0.6 is 0 Å². The molecule has 6 nitrogen and oxygen atoms in total. The predicted octanol–water partition coefficient (Wildman–Crippen LogP) is 1.79. The highest BCUT2D eigenvalue weighted by Crippen LogP contribution is 2.40. The van der Waals surface area contributed by atoms with Gasteiger partial charge in [-0.1, -0.05) is 0 Å². The van der Waals surface area contributed by atoms with Gasteiger partial charge < -0.3 is 18.9 Å². The molecule has 1 aromatic rings. The highest BCUT2D eigenvalue weighted by atomic mass is 16.5. The van der Waals surface area contributed by atoms with E-state index in [0.717, 1.165) is 0 Å². The molecule has 0 saturated heterocycles. The van der Waals surface area contributed by atoms with E-state index in [-0.39, 0.29) is 5.57 Å². The second kappa shape index (κ2) is 7.04. The molecule has 0 spiro atoms. The fraction of sp³-hybridized carbons (Fsp3) is 0.286. The summed E-state index contributed by atoms with van der Waals surface area (Å²) < 4.78 is 20.2. The number of nitriles is 1. The third-order valence-corrected chi connectivity index (χ3v) is 2.56. The van der Waals surface area contributed by atoms with Crippen LogP contribution in [-0.2, 0) is 9.53 Å². The van der Waals surface area contributed by atoms with Gasteiger partial charge in [-0.2, -0.15) is 5.26 Å². The van der Waals surface area contributed by atoms with Crippen molar-refractivity contribution in [3.05, 3.63) is 23.3 Å². The normalized spacial score (nSPS) is 10.4. The highest BCUT2D eigenvalue weighted by molar-refractivity contribution is 5.98. The van der Waals surface area contributed by atoms with Crippen LogP contribution in [0.3, 0.4) is 0 Å². The summed E-state index contributed by atoms with van der Waals surface area (Å²) in [7, 11) is 5.64. The lowest BCUT2D eigenvalue weighted by Gasteiger charge is -2.14. The first kappa shape index (κ1) is 15.4. The van der Waals surface area contributed by atoms with Crippen LogP contribution in [0.5, 0.6) is 17.2 Å². The molecule has 0 atom stereocenters. The van der Waals surface area contributed by atoms with Crippen molar-refractivity contribution in [2.24, 2.45) is 0 Å². The Kier molecular flexibility index (Phi) is 5.42. The van der Waals surface area contributed by atoms with E-state index in [1.807, 2.05) is 0 Å². The summed E-state index contributed by atoms with van der Waals surface area (Å²) >= 11 is 0. The highest BCUT2D eigenvalue weighted by Gasteiger charge is 2.17. The van der Waals surface area contributed by atoms with Crippen LogP contribution in [0.1, 0.15) is 5.56 Å². The number of carbonyl (C=O) groups is 1. The number of hydrogen-bond donors (Lipinski definition) is 0. The molecule has 0 aromatic heterocycles. The molecular formula is C14H15NO5. The van der Waals surface area contributed by atoms with Gasteiger partial charge in [0, 0.05) is 5.56 Å². The minimum Gasteiger partial charge on any atom is -0.493 e. The summed E-state index contributed by atoms with van der Waals surface area (Å²) in [5, 5.41) is 8.96. The monoisotopic (exact) mass is 277 g/mol. The Morgan fingerprint density at radius 2 is 1.75 bits per heavy atom. The number of carbonyl (C=O) groups excluding carboxylic acids is 1. The van der Waals surface area contributed by atoms with Crippen molar-refractivity contribution in [2.75, 3.05) is 28.4 Å². The second-order valence-electron chi connectivity index (χ2n) is 3.58. The zero-order valence-electron chi connectivity index (χ0n) is 11.7. The summed E-state index contributed by atoms with van der Waals surface area (Å²) in [6.07, 6.45) is 1.37. The van der Waals surface area contributed by atoms with Crippen molar-refractivity contribution in [1.82, 2.24) is 0 Å². The lowest BCUT2D eigenvalue weighted by molar-refractivity contribution is -0.135. The van der Waals surface area contributed by atoms with Gasteiger partial charge in [-0.3, -0.25) is 0 Å². The summed E-state index contributed by atoms with van der Waals surface area (Å²) in [5.74, 6) is 0.511. The topological polar surface area (TPSA) is 77.8 Å². The molecule has 0 aliphatic rings. The largest absolute Gasteiger partial charge is 0.493 e. The van der Waals surface area contributed by atoms with Gasteiger partial charge in [0.2, 0.25) is 5.75 Å². The maximum Gasteiger partial charge on any atom is 0.348 e. The van der Waals surface area contributed by atoms with Crippen molar-refractivity contribution >= 4 is 12.0 Å². The van der Waals surface area contributed by atoms with Crippen LogP contribution in [0.2, 0.25) is 0 Å². The molecule has 0 saturated carbocycles. The standard InChI is InChI=1S/C14H15NO5/c1-17-11-6-5-9(12(18-2)13(11)19-3)7-10(8-15)14(16)20-4/h5-7H,1-4H3. The summed E-state index contributed by atoms with van der Waals surface area (Å²) in [5.41, 5.74) is 0.366. The molecule has 0 heterocycles. The number of rotatable bonds is 5. The van der Waals surface area contributed by atoms with Crippen LogP contribution in [0.15, 0.2) is 17.7 Å². The molecule has 0 N–H and O–H groups in total. The number of ether oxygens (including phenoxy) is 4.